The number of benzene rings is 3. The number of pyridine rings is 1. The lowest BCUT2D eigenvalue weighted by Gasteiger charge is -2.09. The number of carbonyl (C=O) groups is 1. The predicted molar refractivity (Wildman–Crippen MR) is 127 cm³/mol. The van der Waals surface area contributed by atoms with E-state index in [4.69, 9.17) is 0 Å². The van der Waals surface area contributed by atoms with Gasteiger partial charge in [-0.05, 0) is 28.3 Å². The zero-order valence-electron chi connectivity index (χ0n) is 16.7. The Hall–Kier alpha value is -4.16. The normalized spacial score (nSPS) is 11.0. The Balaban J connectivity index is 1.64. The molecule has 2 heterocycles. The third-order valence-electron chi connectivity index (χ3n) is 5.45. The highest BCUT2D eigenvalue weighted by molar-refractivity contribution is 7.17. The van der Waals surface area contributed by atoms with Gasteiger partial charge in [0.05, 0.1) is 16.5 Å². The molecule has 0 radical (unpaired) electrons. The second kappa shape index (κ2) is 7.83. The van der Waals surface area contributed by atoms with Crippen molar-refractivity contribution < 1.29 is 15.0 Å². The number of carboxylic acid groups (broad SMARTS) is 1. The van der Waals surface area contributed by atoms with Gasteiger partial charge < -0.3 is 15.2 Å². The molecule has 0 atom stereocenters. The molecule has 156 valence electrons. The molecule has 0 bridgehead atoms. The van der Waals surface area contributed by atoms with Gasteiger partial charge in [-0.3, -0.25) is 4.79 Å². The fourth-order valence-corrected chi connectivity index (χ4v) is 4.88. The summed E-state index contributed by atoms with van der Waals surface area (Å²) < 4.78 is 0. The SMILES string of the molecule is O=C(O)c1ccccc1-c1ccc(-c2csc3[nH]c(=O)c(-c4ccccc4)c(O)c23)cc1. The number of rotatable bonds is 4. The first-order valence-corrected chi connectivity index (χ1v) is 10.8. The van der Waals surface area contributed by atoms with Crippen molar-refractivity contribution in [3.8, 4) is 39.1 Å². The van der Waals surface area contributed by atoms with E-state index in [2.05, 4.69) is 4.98 Å². The third kappa shape index (κ3) is 3.27. The zero-order chi connectivity index (χ0) is 22.2. The van der Waals surface area contributed by atoms with Crippen LogP contribution in [0.3, 0.4) is 0 Å². The monoisotopic (exact) mass is 439 g/mol. The lowest BCUT2D eigenvalue weighted by molar-refractivity contribution is 0.0697. The summed E-state index contributed by atoms with van der Waals surface area (Å²) in [6.07, 6.45) is 0. The summed E-state index contributed by atoms with van der Waals surface area (Å²) in [6.45, 7) is 0. The molecule has 0 saturated heterocycles. The second-order valence-corrected chi connectivity index (χ2v) is 8.20. The number of aromatic hydroxyl groups is 1. The van der Waals surface area contributed by atoms with Crippen molar-refractivity contribution in [2.75, 3.05) is 0 Å². The van der Waals surface area contributed by atoms with Crippen LogP contribution in [0.2, 0.25) is 0 Å². The molecule has 0 aliphatic carbocycles. The Morgan fingerprint density at radius 2 is 1.41 bits per heavy atom. The van der Waals surface area contributed by atoms with Gasteiger partial charge in [-0.15, -0.1) is 11.3 Å². The summed E-state index contributed by atoms with van der Waals surface area (Å²) in [4.78, 5) is 27.7. The Morgan fingerprint density at radius 3 is 2.09 bits per heavy atom. The highest BCUT2D eigenvalue weighted by Crippen LogP contribution is 2.41. The average molecular weight is 439 g/mol. The maximum atomic E-state index is 12.6. The number of hydrogen-bond donors (Lipinski definition) is 3. The first kappa shape index (κ1) is 19.8. The van der Waals surface area contributed by atoms with Crippen LogP contribution in [0.4, 0.5) is 0 Å². The van der Waals surface area contributed by atoms with Crippen molar-refractivity contribution in [1.29, 1.82) is 0 Å². The zero-order valence-corrected chi connectivity index (χ0v) is 17.5. The Labute approximate surface area is 186 Å². The molecule has 5 nitrogen and oxygen atoms in total. The molecule has 3 aromatic carbocycles. The van der Waals surface area contributed by atoms with Gasteiger partial charge in [0.2, 0.25) is 0 Å². The van der Waals surface area contributed by atoms with Crippen LogP contribution in [0.1, 0.15) is 10.4 Å². The molecular formula is C26H17NO4S. The van der Waals surface area contributed by atoms with Gasteiger partial charge in [-0.1, -0.05) is 72.8 Å². The number of aromatic carboxylic acids is 1. The van der Waals surface area contributed by atoms with Crippen LogP contribution in [0.25, 0.3) is 43.6 Å². The van der Waals surface area contributed by atoms with E-state index in [0.717, 1.165) is 16.7 Å². The van der Waals surface area contributed by atoms with Gasteiger partial charge in [-0.2, -0.15) is 0 Å². The van der Waals surface area contributed by atoms with E-state index in [1.54, 1.807) is 30.3 Å². The number of hydrogen-bond acceptors (Lipinski definition) is 4. The second-order valence-electron chi connectivity index (χ2n) is 7.33. The molecule has 0 fully saturated rings. The van der Waals surface area contributed by atoms with Crippen molar-refractivity contribution in [1.82, 2.24) is 4.98 Å². The number of nitrogens with one attached hydrogen (secondary N) is 1. The summed E-state index contributed by atoms with van der Waals surface area (Å²) >= 11 is 1.35. The standard InChI is InChI=1S/C26H17NO4S/c28-23-21(17-6-2-1-3-7-17)24(29)27-25-22(23)20(14-32-25)16-12-10-15(11-13-16)18-8-4-5-9-19(18)26(30)31/h1-14H,(H,30,31)(H2,27,28,29). The number of fused-ring (bicyclic) bond motifs is 1. The van der Waals surface area contributed by atoms with Crippen LogP contribution in [-0.2, 0) is 0 Å². The van der Waals surface area contributed by atoms with E-state index in [0.29, 0.717) is 21.3 Å². The molecule has 6 heteroatoms. The molecule has 3 N–H and O–H groups in total. The van der Waals surface area contributed by atoms with Crippen LogP contribution < -0.4 is 5.56 Å². The van der Waals surface area contributed by atoms with Crippen LogP contribution in [-0.4, -0.2) is 21.2 Å². The minimum absolute atomic E-state index is 0.0495. The molecule has 32 heavy (non-hydrogen) atoms. The first-order valence-electron chi connectivity index (χ1n) is 9.89. The molecule has 0 amide bonds. The van der Waals surface area contributed by atoms with E-state index >= 15 is 0 Å². The molecule has 0 aliphatic rings. The Morgan fingerprint density at radius 1 is 0.781 bits per heavy atom. The predicted octanol–water partition coefficient (Wildman–Crippen LogP) is 5.99. The lowest BCUT2D eigenvalue weighted by atomic mass is 9.96. The summed E-state index contributed by atoms with van der Waals surface area (Å²) in [5.74, 6) is -1.03. The van der Waals surface area contributed by atoms with E-state index in [1.807, 2.05) is 53.9 Å². The highest BCUT2D eigenvalue weighted by Gasteiger charge is 2.19. The van der Waals surface area contributed by atoms with E-state index in [1.165, 1.54) is 11.3 Å². The minimum Gasteiger partial charge on any atom is -0.506 e. The van der Waals surface area contributed by atoms with Crippen molar-refractivity contribution in [2.45, 2.75) is 0 Å². The van der Waals surface area contributed by atoms with Crippen molar-refractivity contribution in [3.63, 3.8) is 0 Å². The van der Waals surface area contributed by atoms with Gasteiger partial charge in [0.25, 0.3) is 5.56 Å². The smallest absolute Gasteiger partial charge is 0.336 e. The van der Waals surface area contributed by atoms with E-state index in [9.17, 15) is 19.8 Å². The molecular weight excluding hydrogens is 422 g/mol. The molecule has 5 rings (SSSR count). The molecule has 0 unspecified atom stereocenters. The number of aromatic nitrogens is 1. The minimum atomic E-state index is -0.976. The van der Waals surface area contributed by atoms with E-state index < -0.39 is 5.97 Å². The van der Waals surface area contributed by atoms with Gasteiger partial charge in [0, 0.05) is 10.9 Å². The Bertz CT molecular complexity index is 1520. The lowest BCUT2D eigenvalue weighted by Crippen LogP contribution is -2.08. The molecule has 5 aromatic rings. The van der Waals surface area contributed by atoms with Gasteiger partial charge in [0.1, 0.15) is 10.6 Å². The van der Waals surface area contributed by atoms with Gasteiger partial charge in [0.15, 0.2) is 0 Å². The quantitative estimate of drug-likeness (QED) is 0.321. The topological polar surface area (TPSA) is 90.4 Å². The number of thiophene rings is 1. The van der Waals surface area contributed by atoms with Crippen molar-refractivity contribution >= 4 is 27.5 Å². The maximum absolute atomic E-state index is 12.6. The molecule has 0 saturated carbocycles. The fourth-order valence-electron chi connectivity index (χ4n) is 3.92. The fraction of sp³-hybridized carbons (Fsp3) is 0. The number of carboxylic acids is 1. The maximum Gasteiger partial charge on any atom is 0.336 e. The third-order valence-corrected chi connectivity index (χ3v) is 6.34. The van der Waals surface area contributed by atoms with Crippen molar-refractivity contribution in [2.24, 2.45) is 0 Å². The average Bonchev–Trinajstić information content (AvgIpc) is 3.24. The van der Waals surface area contributed by atoms with Gasteiger partial charge in [-0.25, -0.2) is 4.79 Å². The molecule has 0 spiro atoms. The van der Waals surface area contributed by atoms with Crippen LogP contribution in [0.15, 0.2) is 89.0 Å². The number of H-pyrrole nitrogens is 1. The summed E-state index contributed by atoms with van der Waals surface area (Å²) in [5.41, 5.74) is 3.87. The largest absolute Gasteiger partial charge is 0.506 e. The van der Waals surface area contributed by atoms with Crippen LogP contribution in [0.5, 0.6) is 5.75 Å². The van der Waals surface area contributed by atoms with Crippen LogP contribution >= 0.6 is 11.3 Å². The van der Waals surface area contributed by atoms with Crippen molar-refractivity contribution in [3.05, 3.63) is 100 Å². The first-order chi connectivity index (χ1) is 15.5. The van der Waals surface area contributed by atoms with Gasteiger partial charge >= 0.3 is 5.97 Å². The highest BCUT2D eigenvalue weighted by atomic mass is 32.1. The summed E-state index contributed by atoms with van der Waals surface area (Å²) in [7, 11) is 0. The summed E-state index contributed by atoms with van der Waals surface area (Å²) in [6, 6.07) is 23.4. The number of aromatic amines is 1. The Kier molecular flexibility index (Phi) is 4.84. The molecule has 0 aliphatic heterocycles. The molecule has 2 aromatic heterocycles. The van der Waals surface area contributed by atoms with E-state index in [-0.39, 0.29) is 22.4 Å². The summed E-state index contributed by atoms with van der Waals surface area (Å²) in [5, 5.41) is 23.0. The van der Waals surface area contributed by atoms with Crippen LogP contribution in [0, 0.1) is 0 Å².